The zero-order valence-electron chi connectivity index (χ0n) is 19.8. The molecule has 4 rings (SSSR count). The Balaban J connectivity index is 1.45. The minimum Gasteiger partial charge on any atom is -0.484 e. The Kier molecular flexibility index (Phi) is 7.62. The summed E-state index contributed by atoms with van der Waals surface area (Å²) in [6, 6.07) is 16.1. The van der Waals surface area contributed by atoms with Gasteiger partial charge in [0.2, 0.25) is 0 Å². The number of rotatable bonds is 8. The van der Waals surface area contributed by atoms with Gasteiger partial charge in [0.1, 0.15) is 5.75 Å². The first-order valence-electron chi connectivity index (χ1n) is 11.5. The van der Waals surface area contributed by atoms with E-state index in [0.717, 1.165) is 19.4 Å². The van der Waals surface area contributed by atoms with E-state index in [9.17, 15) is 14.4 Å². The molecule has 1 atom stereocenters. The summed E-state index contributed by atoms with van der Waals surface area (Å²) in [6.45, 7) is 2.84. The van der Waals surface area contributed by atoms with E-state index in [1.54, 1.807) is 37.3 Å². The van der Waals surface area contributed by atoms with Crippen LogP contribution in [0.4, 0.5) is 5.69 Å². The lowest BCUT2D eigenvalue weighted by molar-refractivity contribution is -0.136. The van der Waals surface area contributed by atoms with Crippen molar-refractivity contribution < 1.29 is 28.6 Å². The Hall–Kier alpha value is -3.91. The van der Waals surface area contributed by atoms with Crippen LogP contribution in [-0.4, -0.2) is 50.8 Å². The van der Waals surface area contributed by atoms with Crippen LogP contribution in [0.2, 0.25) is 0 Å². The Morgan fingerprint density at radius 2 is 1.89 bits per heavy atom. The fourth-order valence-corrected chi connectivity index (χ4v) is 4.13. The van der Waals surface area contributed by atoms with Gasteiger partial charge in [-0.1, -0.05) is 30.3 Å². The molecule has 0 radical (unpaired) electrons. The van der Waals surface area contributed by atoms with Crippen molar-refractivity contribution in [3.8, 4) is 5.75 Å². The molecule has 0 bridgehead atoms. The number of carbonyl (C=O) groups excluding carboxylic acids is 3. The van der Waals surface area contributed by atoms with Gasteiger partial charge in [-0.2, -0.15) is 0 Å². The second-order valence-electron chi connectivity index (χ2n) is 8.28. The molecular weight excluding hydrogens is 448 g/mol. The highest BCUT2D eigenvalue weighted by Gasteiger charge is 2.37. The molecule has 2 aliphatic heterocycles. The maximum absolute atomic E-state index is 13.3. The van der Waals surface area contributed by atoms with Gasteiger partial charge in [-0.15, -0.1) is 0 Å². The minimum atomic E-state index is -0.575. The molecule has 8 nitrogen and oxygen atoms in total. The van der Waals surface area contributed by atoms with Gasteiger partial charge in [-0.25, -0.2) is 4.79 Å². The van der Waals surface area contributed by atoms with E-state index in [2.05, 4.69) is 5.32 Å². The molecule has 1 fully saturated rings. The molecule has 0 spiro atoms. The number of anilines is 1. The van der Waals surface area contributed by atoms with E-state index < -0.39 is 5.97 Å². The van der Waals surface area contributed by atoms with Crippen LogP contribution < -0.4 is 15.0 Å². The maximum atomic E-state index is 13.3. The van der Waals surface area contributed by atoms with Crippen molar-refractivity contribution >= 4 is 29.5 Å². The largest absolute Gasteiger partial charge is 0.484 e. The predicted octanol–water partition coefficient (Wildman–Crippen LogP) is 3.24. The third-order valence-corrected chi connectivity index (χ3v) is 5.92. The molecule has 8 heteroatoms. The number of carbonyl (C=O) groups is 3. The number of esters is 1. The van der Waals surface area contributed by atoms with E-state index in [1.807, 2.05) is 30.3 Å². The number of amides is 2. The molecule has 0 saturated carbocycles. The van der Waals surface area contributed by atoms with Crippen molar-refractivity contribution in [1.82, 2.24) is 5.32 Å². The zero-order chi connectivity index (χ0) is 24.8. The van der Waals surface area contributed by atoms with Crippen molar-refractivity contribution in [2.45, 2.75) is 25.9 Å². The molecule has 2 aromatic rings. The van der Waals surface area contributed by atoms with Crippen molar-refractivity contribution in [3.05, 3.63) is 77.0 Å². The fraction of sp³-hybridized carbons (Fsp3) is 0.296. The molecule has 35 heavy (non-hydrogen) atoms. The standard InChI is InChI=1S/C27H28N2O6/c1-18-25(27(32)33-2)23(26(31)29(18)20-7-4-3-5-8-20)15-19-10-12-21(13-11-19)35-17-24(30)28-16-22-9-6-14-34-22/h3-5,7-8,10-13,15,22H,6,9,14,16-17H2,1-2H3,(H,28,30)/b23-15-/t22-/m1/s1. The Morgan fingerprint density at radius 3 is 2.54 bits per heavy atom. The smallest absolute Gasteiger partial charge is 0.340 e. The lowest BCUT2D eigenvalue weighted by Crippen LogP contribution is -2.35. The van der Waals surface area contributed by atoms with Gasteiger partial charge in [-0.3, -0.25) is 14.5 Å². The SMILES string of the molecule is COC(=O)C1=C(C)N(c2ccccc2)C(=O)/C1=C\c1ccc(OCC(=O)NC[C@H]2CCCO2)cc1. The molecule has 2 aliphatic rings. The first-order chi connectivity index (χ1) is 17.0. The highest BCUT2D eigenvalue weighted by molar-refractivity contribution is 6.23. The van der Waals surface area contributed by atoms with Crippen LogP contribution in [-0.2, 0) is 23.9 Å². The summed E-state index contributed by atoms with van der Waals surface area (Å²) in [5.41, 5.74) is 2.35. The monoisotopic (exact) mass is 476 g/mol. The Bertz CT molecular complexity index is 1150. The highest BCUT2D eigenvalue weighted by Crippen LogP contribution is 2.35. The van der Waals surface area contributed by atoms with Crippen LogP contribution in [0.3, 0.4) is 0 Å². The number of ether oxygens (including phenoxy) is 3. The number of nitrogens with zero attached hydrogens (tertiary/aromatic N) is 1. The molecule has 1 saturated heterocycles. The number of methoxy groups -OCH3 is 1. The van der Waals surface area contributed by atoms with Crippen molar-refractivity contribution in [2.24, 2.45) is 0 Å². The fourth-order valence-electron chi connectivity index (χ4n) is 4.13. The normalized spacial score (nSPS) is 18.8. The lowest BCUT2D eigenvalue weighted by Gasteiger charge is -2.17. The molecule has 0 aromatic heterocycles. The molecule has 2 heterocycles. The second-order valence-corrected chi connectivity index (χ2v) is 8.28. The van der Waals surface area contributed by atoms with Crippen LogP contribution in [0.5, 0.6) is 5.75 Å². The summed E-state index contributed by atoms with van der Waals surface area (Å²) in [7, 11) is 1.29. The van der Waals surface area contributed by atoms with E-state index in [-0.39, 0.29) is 35.7 Å². The summed E-state index contributed by atoms with van der Waals surface area (Å²) in [4.78, 5) is 39.3. The van der Waals surface area contributed by atoms with Crippen LogP contribution >= 0.6 is 0 Å². The summed E-state index contributed by atoms with van der Waals surface area (Å²) in [6.07, 6.45) is 3.70. The first-order valence-corrected chi connectivity index (χ1v) is 11.5. The molecule has 2 amide bonds. The quantitative estimate of drug-likeness (QED) is 0.464. The van der Waals surface area contributed by atoms with Gasteiger partial charge in [0.15, 0.2) is 6.61 Å². The molecular formula is C27H28N2O6. The minimum absolute atomic E-state index is 0.0787. The van der Waals surface area contributed by atoms with E-state index >= 15 is 0 Å². The maximum Gasteiger partial charge on any atom is 0.340 e. The summed E-state index contributed by atoms with van der Waals surface area (Å²) in [5.74, 6) is -0.581. The predicted molar refractivity (Wildman–Crippen MR) is 131 cm³/mol. The van der Waals surface area contributed by atoms with Crippen LogP contribution in [0, 0.1) is 0 Å². The van der Waals surface area contributed by atoms with Gasteiger partial charge >= 0.3 is 5.97 Å². The number of nitrogens with one attached hydrogen (secondary N) is 1. The van der Waals surface area contributed by atoms with Crippen LogP contribution in [0.15, 0.2) is 71.4 Å². The van der Waals surface area contributed by atoms with Gasteiger partial charge in [-0.05, 0) is 55.7 Å². The third-order valence-electron chi connectivity index (χ3n) is 5.92. The average molecular weight is 477 g/mol. The van der Waals surface area contributed by atoms with Gasteiger partial charge in [0, 0.05) is 24.5 Å². The van der Waals surface area contributed by atoms with Crippen molar-refractivity contribution in [3.63, 3.8) is 0 Å². The number of hydrogen-bond acceptors (Lipinski definition) is 6. The first kappa shape index (κ1) is 24.2. The number of hydrogen-bond donors (Lipinski definition) is 1. The molecule has 182 valence electrons. The highest BCUT2D eigenvalue weighted by atomic mass is 16.5. The summed E-state index contributed by atoms with van der Waals surface area (Å²) >= 11 is 0. The third kappa shape index (κ3) is 5.60. The number of benzene rings is 2. The number of para-hydroxylation sites is 1. The molecule has 2 aromatic carbocycles. The molecule has 0 aliphatic carbocycles. The van der Waals surface area contributed by atoms with E-state index in [4.69, 9.17) is 14.2 Å². The Labute approximate surface area is 204 Å². The van der Waals surface area contributed by atoms with Gasteiger partial charge in [0.05, 0.1) is 24.4 Å². The van der Waals surface area contributed by atoms with E-state index in [0.29, 0.717) is 29.2 Å². The zero-order valence-corrected chi connectivity index (χ0v) is 19.8. The van der Waals surface area contributed by atoms with Gasteiger partial charge in [0.25, 0.3) is 11.8 Å². The van der Waals surface area contributed by atoms with E-state index in [1.165, 1.54) is 12.0 Å². The van der Waals surface area contributed by atoms with Gasteiger partial charge < -0.3 is 19.5 Å². The second kappa shape index (κ2) is 11.0. The summed E-state index contributed by atoms with van der Waals surface area (Å²) in [5, 5.41) is 2.81. The number of allylic oxidation sites excluding steroid dienone is 1. The summed E-state index contributed by atoms with van der Waals surface area (Å²) < 4.78 is 16.0. The van der Waals surface area contributed by atoms with Crippen molar-refractivity contribution in [2.75, 3.05) is 31.8 Å². The van der Waals surface area contributed by atoms with Crippen molar-refractivity contribution in [1.29, 1.82) is 0 Å². The molecule has 1 N–H and O–H groups in total. The van der Waals surface area contributed by atoms with Crippen LogP contribution in [0.25, 0.3) is 6.08 Å². The topological polar surface area (TPSA) is 94.2 Å². The average Bonchev–Trinajstić information content (AvgIpc) is 3.48. The Morgan fingerprint density at radius 1 is 1.14 bits per heavy atom. The molecule has 0 unspecified atom stereocenters. The van der Waals surface area contributed by atoms with Crippen LogP contribution in [0.1, 0.15) is 25.3 Å². The lowest BCUT2D eigenvalue weighted by atomic mass is 10.0.